The molecular formula is C8H10Br2MgO2. The van der Waals surface area contributed by atoms with E-state index in [1.807, 2.05) is 24.3 Å². The molecule has 0 aliphatic heterocycles. The number of benzene rings is 1. The first-order valence-electron chi connectivity index (χ1n) is 3.05. The van der Waals surface area contributed by atoms with Gasteiger partial charge in [-0.25, -0.2) is 0 Å². The maximum absolute atomic E-state index is 5.01. The number of methoxy groups -OCH3 is 2. The number of para-hydroxylation sites is 2. The maximum atomic E-state index is 5.01. The minimum atomic E-state index is 0. The zero-order valence-electron chi connectivity index (χ0n) is 7.59. The molecule has 0 radical (unpaired) electrons. The Morgan fingerprint density at radius 1 is 0.846 bits per heavy atom. The van der Waals surface area contributed by atoms with E-state index in [2.05, 4.69) is 0 Å². The minimum Gasteiger partial charge on any atom is -1.00 e. The molecule has 0 unspecified atom stereocenters. The number of rotatable bonds is 2. The smallest absolute Gasteiger partial charge is 1.00 e. The van der Waals surface area contributed by atoms with Crippen molar-refractivity contribution in [3.8, 4) is 11.5 Å². The van der Waals surface area contributed by atoms with Crippen LogP contribution in [-0.2, 0) is 0 Å². The van der Waals surface area contributed by atoms with Gasteiger partial charge in [0.05, 0.1) is 14.2 Å². The quantitative estimate of drug-likeness (QED) is 0.510. The van der Waals surface area contributed by atoms with Crippen molar-refractivity contribution in [2.24, 2.45) is 0 Å². The van der Waals surface area contributed by atoms with Gasteiger partial charge < -0.3 is 43.4 Å². The molecule has 0 bridgehead atoms. The summed E-state index contributed by atoms with van der Waals surface area (Å²) in [5.74, 6) is 1.54. The second-order valence-electron chi connectivity index (χ2n) is 1.85. The number of ether oxygens (including phenoxy) is 2. The average molecular weight is 322 g/mol. The van der Waals surface area contributed by atoms with Crippen molar-refractivity contribution in [3.63, 3.8) is 0 Å². The summed E-state index contributed by atoms with van der Waals surface area (Å²) >= 11 is 0. The van der Waals surface area contributed by atoms with E-state index in [9.17, 15) is 0 Å². The minimum absolute atomic E-state index is 0. The SMILES string of the molecule is COc1ccccc1OC.[Br-].[Br-].[Mg+2]. The Morgan fingerprint density at radius 3 is 1.38 bits per heavy atom. The largest absolute Gasteiger partial charge is 2.00 e. The van der Waals surface area contributed by atoms with Gasteiger partial charge in [0.15, 0.2) is 11.5 Å². The van der Waals surface area contributed by atoms with Gasteiger partial charge in [-0.05, 0) is 12.1 Å². The second-order valence-corrected chi connectivity index (χ2v) is 1.85. The van der Waals surface area contributed by atoms with Crippen molar-refractivity contribution in [1.29, 1.82) is 0 Å². The molecule has 1 aromatic rings. The van der Waals surface area contributed by atoms with Crippen LogP contribution in [-0.4, -0.2) is 37.3 Å². The Balaban J connectivity index is -0.000000333. The van der Waals surface area contributed by atoms with Crippen molar-refractivity contribution in [2.45, 2.75) is 0 Å². The molecule has 0 aromatic heterocycles. The molecule has 5 heteroatoms. The van der Waals surface area contributed by atoms with Crippen LogP contribution in [0.3, 0.4) is 0 Å². The molecule has 2 nitrogen and oxygen atoms in total. The Kier molecular flexibility index (Phi) is 15.7. The molecule has 0 aliphatic rings. The summed E-state index contributed by atoms with van der Waals surface area (Å²) in [5.41, 5.74) is 0. The molecule has 0 spiro atoms. The Morgan fingerprint density at radius 2 is 1.15 bits per heavy atom. The van der Waals surface area contributed by atoms with E-state index in [0.717, 1.165) is 11.5 Å². The molecule has 70 valence electrons. The maximum Gasteiger partial charge on any atom is 2.00 e. The van der Waals surface area contributed by atoms with Crippen molar-refractivity contribution in [3.05, 3.63) is 24.3 Å². The van der Waals surface area contributed by atoms with Crippen LogP contribution < -0.4 is 43.4 Å². The fraction of sp³-hybridized carbons (Fsp3) is 0.250. The van der Waals surface area contributed by atoms with E-state index in [1.54, 1.807) is 14.2 Å². The van der Waals surface area contributed by atoms with Gasteiger partial charge in [-0.15, -0.1) is 0 Å². The van der Waals surface area contributed by atoms with Gasteiger partial charge in [0.1, 0.15) is 0 Å². The summed E-state index contributed by atoms with van der Waals surface area (Å²) in [6, 6.07) is 7.53. The zero-order valence-corrected chi connectivity index (χ0v) is 12.2. The van der Waals surface area contributed by atoms with Crippen LogP contribution in [0.2, 0.25) is 0 Å². The number of hydrogen-bond donors (Lipinski definition) is 0. The van der Waals surface area contributed by atoms with Gasteiger partial charge in [0, 0.05) is 0 Å². The molecular weight excluding hydrogens is 312 g/mol. The van der Waals surface area contributed by atoms with Crippen LogP contribution >= 0.6 is 0 Å². The molecule has 1 rings (SSSR count). The van der Waals surface area contributed by atoms with Crippen LogP contribution in [0.25, 0.3) is 0 Å². The Bertz CT molecular complexity index is 198. The third-order valence-corrected chi connectivity index (χ3v) is 1.29. The standard InChI is InChI=1S/C8H10O2.2BrH.Mg/c1-9-7-5-3-4-6-8(7)10-2;;;/h3-6H,1-2H3;2*1H;/q;;;+2/p-2. The Labute approximate surface area is 116 Å². The van der Waals surface area contributed by atoms with E-state index in [1.165, 1.54) is 0 Å². The van der Waals surface area contributed by atoms with E-state index >= 15 is 0 Å². The molecule has 0 aliphatic carbocycles. The number of halogens is 2. The van der Waals surface area contributed by atoms with E-state index in [0.29, 0.717) is 0 Å². The molecule has 0 heterocycles. The summed E-state index contributed by atoms with van der Waals surface area (Å²) in [6.07, 6.45) is 0. The fourth-order valence-electron chi connectivity index (χ4n) is 0.787. The summed E-state index contributed by atoms with van der Waals surface area (Å²) < 4.78 is 10.0. The molecule has 0 fully saturated rings. The first-order chi connectivity index (χ1) is 4.88. The van der Waals surface area contributed by atoms with Crippen LogP contribution in [0.4, 0.5) is 0 Å². The first kappa shape index (κ1) is 19.2. The van der Waals surface area contributed by atoms with Crippen molar-refractivity contribution >= 4 is 23.1 Å². The zero-order chi connectivity index (χ0) is 7.40. The van der Waals surface area contributed by atoms with Crippen LogP contribution in [0.5, 0.6) is 11.5 Å². The average Bonchev–Trinajstić information content (AvgIpc) is 2.04. The van der Waals surface area contributed by atoms with E-state index < -0.39 is 0 Å². The summed E-state index contributed by atoms with van der Waals surface area (Å²) in [7, 11) is 3.25. The molecule has 0 N–H and O–H groups in total. The van der Waals surface area contributed by atoms with Gasteiger partial charge in [0.25, 0.3) is 0 Å². The van der Waals surface area contributed by atoms with Gasteiger partial charge in [-0.2, -0.15) is 0 Å². The second kappa shape index (κ2) is 10.6. The van der Waals surface area contributed by atoms with Gasteiger partial charge in [-0.3, -0.25) is 0 Å². The third-order valence-electron chi connectivity index (χ3n) is 1.29. The van der Waals surface area contributed by atoms with E-state index in [4.69, 9.17) is 9.47 Å². The molecule has 0 saturated heterocycles. The molecule has 13 heavy (non-hydrogen) atoms. The van der Waals surface area contributed by atoms with Crippen LogP contribution in [0.15, 0.2) is 24.3 Å². The summed E-state index contributed by atoms with van der Waals surface area (Å²) in [6.45, 7) is 0. The Hall–Kier alpha value is 0.546. The fourth-order valence-corrected chi connectivity index (χ4v) is 0.787. The molecule has 0 saturated carbocycles. The molecule has 0 amide bonds. The predicted octanol–water partition coefficient (Wildman–Crippen LogP) is -4.67. The number of hydrogen-bond acceptors (Lipinski definition) is 2. The summed E-state index contributed by atoms with van der Waals surface area (Å²) in [5, 5.41) is 0. The van der Waals surface area contributed by atoms with Crippen molar-refractivity contribution in [2.75, 3.05) is 14.2 Å². The van der Waals surface area contributed by atoms with E-state index in [-0.39, 0.29) is 57.0 Å². The van der Waals surface area contributed by atoms with Crippen molar-refractivity contribution < 1.29 is 43.4 Å². The monoisotopic (exact) mass is 320 g/mol. The third kappa shape index (κ3) is 5.77. The summed E-state index contributed by atoms with van der Waals surface area (Å²) in [4.78, 5) is 0. The van der Waals surface area contributed by atoms with Crippen LogP contribution in [0.1, 0.15) is 0 Å². The van der Waals surface area contributed by atoms with Gasteiger partial charge in [0.2, 0.25) is 0 Å². The first-order valence-corrected chi connectivity index (χ1v) is 3.05. The predicted molar refractivity (Wildman–Crippen MR) is 45.3 cm³/mol. The molecule has 0 atom stereocenters. The normalized spacial score (nSPS) is 6.92. The van der Waals surface area contributed by atoms with Crippen molar-refractivity contribution in [1.82, 2.24) is 0 Å². The molecule has 1 aromatic carbocycles. The van der Waals surface area contributed by atoms with Crippen LogP contribution in [0, 0.1) is 0 Å². The van der Waals surface area contributed by atoms with Gasteiger partial charge >= 0.3 is 23.1 Å². The van der Waals surface area contributed by atoms with Gasteiger partial charge in [-0.1, -0.05) is 12.1 Å². The topological polar surface area (TPSA) is 18.5 Å².